The summed E-state index contributed by atoms with van der Waals surface area (Å²) in [7, 11) is -0.409. The van der Waals surface area contributed by atoms with Crippen LogP contribution in [0.2, 0.25) is 0 Å². The first-order chi connectivity index (χ1) is 11.1. The summed E-state index contributed by atoms with van der Waals surface area (Å²) in [5.74, 6) is 0. The number of carbonyl (C=O) groups excluding carboxylic acids is 1. The number of hydrogen-bond donors (Lipinski definition) is 0. The summed E-state index contributed by atoms with van der Waals surface area (Å²) in [6.07, 6.45) is 1.31. The highest BCUT2D eigenvalue weighted by Gasteiger charge is 2.51. The molecule has 0 unspecified atom stereocenters. The molecule has 6 nitrogen and oxygen atoms in total. The molecule has 7 heteroatoms. The van der Waals surface area contributed by atoms with Crippen LogP contribution in [0.1, 0.15) is 60.3 Å². The third kappa shape index (κ3) is 2.95. The maximum atomic E-state index is 11.5. The third-order valence-electron chi connectivity index (χ3n) is 5.36. The fourth-order valence-electron chi connectivity index (χ4n) is 3.17. The molecule has 24 heavy (non-hydrogen) atoms. The van der Waals surface area contributed by atoms with Gasteiger partial charge in [-0.1, -0.05) is 5.11 Å². The van der Waals surface area contributed by atoms with Crippen LogP contribution >= 0.6 is 0 Å². The average molecular weight is 329 g/mol. The second-order valence-corrected chi connectivity index (χ2v) is 7.31. The van der Waals surface area contributed by atoms with E-state index < -0.39 is 18.3 Å². The second-order valence-electron chi connectivity index (χ2n) is 7.31. The summed E-state index contributed by atoms with van der Waals surface area (Å²) in [5.41, 5.74) is 12.5. The molecular formula is C17H24BN3O3. The molecule has 1 saturated heterocycles. The normalized spacial score (nSPS) is 18.4. The summed E-state index contributed by atoms with van der Waals surface area (Å²) >= 11 is 0. The molecule has 0 bridgehead atoms. The molecule has 0 aromatic heterocycles. The van der Waals surface area contributed by atoms with Crippen LogP contribution in [0.5, 0.6) is 0 Å². The number of carbonyl (C=O) groups is 1. The standard InChI is InChI=1S/C17H24BN3O3/c1-10-13(8-18-23-16(4,5)17(6,7)24-18)11(2)15(20-21-19)12(3)14(10)9-22/h9H,8H2,1-7H3. The molecule has 1 aliphatic heterocycles. The molecule has 0 N–H and O–H groups in total. The Morgan fingerprint density at radius 1 is 1.08 bits per heavy atom. The molecule has 1 aliphatic rings. The SMILES string of the molecule is Cc1c(C=O)c(C)c(N=[N+]=[N-])c(C)c1CB1OC(C)(C)C(C)(C)O1. The van der Waals surface area contributed by atoms with Crippen molar-refractivity contribution in [1.29, 1.82) is 0 Å². The Balaban J connectivity index is 2.50. The highest BCUT2D eigenvalue weighted by atomic mass is 16.7. The van der Waals surface area contributed by atoms with Gasteiger partial charge in [0.1, 0.15) is 0 Å². The monoisotopic (exact) mass is 329 g/mol. The van der Waals surface area contributed by atoms with Crippen LogP contribution in [0.25, 0.3) is 10.4 Å². The summed E-state index contributed by atoms with van der Waals surface area (Å²) in [6.45, 7) is 13.6. The smallest absolute Gasteiger partial charge is 0.403 e. The van der Waals surface area contributed by atoms with Gasteiger partial charge in [0.15, 0.2) is 6.29 Å². The van der Waals surface area contributed by atoms with Gasteiger partial charge in [0, 0.05) is 22.5 Å². The van der Waals surface area contributed by atoms with Crippen molar-refractivity contribution in [2.75, 3.05) is 0 Å². The van der Waals surface area contributed by atoms with E-state index in [0.717, 1.165) is 23.0 Å². The molecule has 0 atom stereocenters. The lowest BCUT2D eigenvalue weighted by molar-refractivity contribution is 0.00578. The fraction of sp³-hybridized carbons (Fsp3) is 0.588. The predicted molar refractivity (Wildman–Crippen MR) is 94.6 cm³/mol. The molecule has 2 rings (SSSR count). The van der Waals surface area contributed by atoms with E-state index in [1.54, 1.807) is 6.92 Å². The molecule has 0 aliphatic carbocycles. The first-order valence-corrected chi connectivity index (χ1v) is 8.04. The Labute approximate surface area is 143 Å². The maximum Gasteiger partial charge on any atom is 0.462 e. The van der Waals surface area contributed by atoms with E-state index in [4.69, 9.17) is 14.8 Å². The van der Waals surface area contributed by atoms with Gasteiger partial charge >= 0.3 is 7.12 Å². The van der Waals surface area contributed by atoms with Crippen molar-refractivity contribution in [3.05, 3.63) is 38.3 Å². The van der Waals surface area contributed by atoms with E-state index in [-0.39, 0.29) is 0 Å². The van der Waals surface area contributed by atoms with Crippen LogP contribution in [0.15, 0.2) is 5.11 Å². The minimum Gasteiger partial charge on any atom is -0.403 e. The van der Waals surface area contributed by atoms with Crippen LogP contribution in [0.3, 0.4) is 0 Å². The van der Waals surface area contributed by atoms with Crippen molar-refractivity contribution in [2.24, 2.45) is 5.11 Å². The van der Waals surface area contributed by atoms with Crippen molar-refractivity contribution in [3.8, 4) is 0 Å². The Kier molecular flexibility index (Phi) is 4.82. The molecule has 128 valence electrons. The average Bonchev–Trinajstić information content (AvgIpc) is 2.68. The third-order valence-corrected chi connectivity index (χ3v) is 5.36. The van der Waals surface area contributed by atoms with Gasteiger partial charge in [-0.3, -0.25) is 4.79 Å². The van der Waals surface area contributed by atoms with E-state index in [2.05, 4.69) is 10.0 Å². The summed E-state index contributed by atoms with van der Waals surface area (Å²) in [4.78, 5) is 14.4. The summed E-state index contributed by atoms with van der Waals surface area (Å²) in [6, 6.07) is 0. The number of azide groups is 1. The molecule has 1 aromatic rings. The maximum absolute atomic E-state index is 11.5. The molecule has 0 amide bonds. The fourth-order valence-corrected chi connectivity index (χ4v) is 3.17. The van der Waals surface area contributed by atoms with E-state index in [0.29, 0.717) is 23.1 Å². The first kappa shape index (κ1) is 18.5. The zero-order chi connectivity index (χ0) is 18.3. The zero-order valence-corrected chi connectivity index (χ0v) is 15.4. The molecule has 1 fully saturated rings. The van der Waals surface area contributed by atoms with Crippen molar-refractivity contribution in [2.45, 2.75) is 66.0 Å². The molecule has 1 heterocycles. The van der Waals surface area contributed by atoms with Gasteiger partial charge in [-0.05, 0) is 76.3 Å². The minimum atomic E-state index is -0.411. The minimum absolute atomic E-state index is 0.409. The van der Waals surface area contributed by atoms with Gasteiger partial charge in [0.2, 0.25) is 0 Å². The van der Waals surface area contributed by atoms with Crippen molar-refractivity contribution < 1.29 is 14.1 Å². The number of hydrogen-bond acceptors (Lipinski definition) is 4. The largest absolute Gasteiger partial charge is 0.462 e. The van der Waals surface area contributed by atoms with E-state index in [1.807, 2.05) is 41.5 Å². The van der Waals surface area contributed by atoms with Crippen molar-refractivity contribution in [3.63, 3.8) is 0 Å². The van der Waals surface area contributed by atoms with Crippen LogP contribution in [-0.4, -0.2) is 24.6 Å². The molecule has 0 saturated carbocycles. The van der Waals surface area contributed by atoms with E-state index in [9.17, 15) is 4.79 Å². The molecular weight excluding hydrogens is 305 g/mol. The predicted octanol–water partition coefficient (Wildman–Crippen LogP) is 4.54. The number of nitrogens with zero attached hydrogens (tertiary/aromatic N) is 3. The topological polar surface area (TPSA) is 84.3 Å². The summed E-state index contributed by atoms with van der Waals surface area (Å²) in [5, 5.41) is 3.79. The first-order valence-electron chi connectivity index (χ1n) is 8.04. The van der Waals surface area contributed by atoms with E-state index in [1.165, 1.54) is 0 Å². The van der Waals surface area contributed by atoms with Crippen molar-refractivity contribution >= 4 is 19.1 Å². The molecule has 0 spiro atoms. The van der Waals surface area contributed by atoms with Crippen molar-refractivity contribution in [1.82, 2.24) is 0 Å². The van der Waals surface area contributed by atoms with Gasteiger partial charge in [0.05, 0.1) is 11.2 Å². The van der Waals surface area contributed by atoms with Gasteiger partial charge in [-0.2, -0.15) is 0 Å². The van der Waals surface area contributed by atoms with Crippen LogP contribution < -0.4 is 0 Å². The van der Waals surface area contributed by atoms with Gasteiger partial charge in [0.25, 0.3) is 0 Å². The Hall–Kier alpha value is -1.82. The summed E-state index contributed by atoms with van der Waals surface area (Å²) < 4.78 is 12.1. The van der Waals surface area contributed by atoms with Crippen LogP contribution in [0, 0.1) is 20.8 Å². The lowest BCUT2D eigenvalue weighted by Gasteiger charge is -2.32. The lowest BCUT2D eigenvalue weighted by Crippen LogP contribution is -2.41. The van der Waals surface area contributed by atoms with Gasteiger partial charge < -0.3 is 9.31 Å². The van der Waals surface area contributed by atoms with Gasteiger partial charge in [-0.15, -0.1) is 0 Å². The van der Waals surface area contributed by atoms with Gasteiger partial charge in [-0.25, -0.2) is 0 Å². The molecule has 1 aromatic carbocycles. The highest BCUT2D eigenvalue weighted by Crippen LogP contribution is 2.39. The quantitative estimate of drug-likeness (QED) is 0.267. The Morgan fingerprint density at radius 2 is 1.62 bits per heavy atom. The number of aldehydes is 1. The zero-order valence-electron chi connectivity index (χ0n) is 15.4. The Morgan fingerprint density at radius 3 is 2.08 bits per heavy atom. The van der Waals surface area contributed by atoms with E-state index >= 15 is 0 Å². The number of benzene rings is 1. The lowest BCUT2D eigenvalue weighted by atomic mass is 9.76. The Bertz CT molecular complexity index is 721. The van der Waals surface area contributed by atoms with Crippen LogP contribution in [-0.2, 0) is 15.6 Å². The molecule has 0 radical (unpaired) electrons. The number of rotatable bonds is 4. The highest BCUT2D eigenvalue weighted by molar-refractivity contribution is 6.45. The van der Waals surface area contributed by atoms with Crippen LogP contribution in [0.4, 0.5) is 5.69 Å². The second kappa shape index (κ2) is 6.24.